The molecule has 0 radical (unpaired) electrons. The number of nitrogen functional groups attached to an aromatic ring is 1. The minimum atomic E-state index is -0.651. The normalized spacial score (nSPS) is 23.2. The lowest BCUT2D eigenvalue weighted by Crippen LogP contribution is -2.54. The van der Waals surface area contributed by atoms with Gasteiger partial charge in [-0.15, -0.1) is 0 Å². The number of hydrogen-bond acceptors (Lipinski definition) is 6. The van der Waals surface area contributed by atoms with E-state index in [0.29, 0.717) is 68.0 Å². The molecule has 4 aliphatic rings. The average molecular weight is 678 g/mol. The zero-order valence-corrected chi connectivity index (χ0v) is 29.1. The number of ketones is 1. The van der Waals surface area contributed by atoms with E-state index in [2.05, 4.69) is 26.9 Å². The Bertz CT molecular complexity index is 1430. The van der Waals surface area contributed by atoms with Crippen LogP contribution in [-0.2, 0) is 17.6 Å². The van der Waals surface area contributed by atoms with Crippen molar-refractivity contribution >= 4 is 40.8 Å². The van der Waals surface area contributed by atoms with E-state index < -0.39 is 6.04 Å². The van der Waals surface area contributed by atoms with Gasteiger partial charge in [-0.25, -0.2) is 9.59 Å². The molecule has 3 aliphatic heterocycles. The maximum absolute atomic E-state index is 13.8. The number of rotatable bonds is 9. The molecule has 10 nitrogen and oxygen atoms in total. The van der Waals surface area contributed by atoms with Gasteiger partial charge in [0.25, 0.3) is 0 Å². The van der Waals surface area contributed by atoms with E-state index >= 15 is 0 Å². The van der Waals surface area contributed by atoms with Gasteiger partial charge in [-0.1, -0.05) is 35.9 Å². The molecular formula is C37H52ClN7O3. The average Bonchev–Trinajstić information content (AvgIpc) is 3.28. The third kappa shape index (κ3) is 8.44. The van der Waals surface area contributed by atoms with Crippen molar-refractivity contribution in [2.75, 3.05) is 56.9 Å². The minimum Gasteiger partial charge on any atom is -0.397 e. The van der Waals surface area contributed by atoms with E-state index in [1.807, 2.05) is 42.2 Å². The van der Waals surface area contributed by atoms with Crippen LogP contribution in [0.25, 0.3) is 0 Å². The second-order valence-corrected chi connectivity index (χ2v) is 14.6. The number of benzene rings is 2. The first-order valence-corrected chi connectivity index (χ1v) is 18.4. The van der Waals surface area contributed by atoms with Crippen molar-refractivity contribution in [1.82, 2.24) is 25.3 Å². The zero-order chi connectivity index (χ0) is 33.6. The molecule has 6 rings (SSSR count). The van der Waals surface area contributed by atoms with Crippen LogP contribution in [0.4, 0.5) is 21.0 Å². The summed E-state index contributed by atoms with van der Waals surface area (Å²) in [5.41, 5.74) is 10.4. The predicted molar refractivity (Wildman–Crippen MR) is 192 cm³/mol. The molecule has 2 aromatic rings. The molecule has 11 heteroatoms. The quantitative estimate of drug-likeness (QED) is 0.270. The van der Waals surface area contributed by atoms with E-state index in [1.54, 1.807) is 4.90 Å². The number of nitrogens with one attached hydrogen (secondary N) is 3. The lowest BCUT2D eigenvalue weighted by molar-refractivity contribution is -0.121. The van der Waals surface area contributed by atoms with Crippen LogP contribution in [-0.4, -0.2) is 96.5 Å². The Hall–Kier alpha value is -3.34. The summed E-state index contributed by atoms with van der Waals surface area (Å²) in [6.07, 6.45) is 8.56. The first-order chi connectivity index (χ1) is 23.2. The fraction of sp³-hybridized carbons (Fsp3) is 0.595. The van der Waals surface area contributed by atoms with Gasteiger partial charge in [-0.3, -0.25) is 9.69 Å². The highest BCUT2D eigenvalue weighted by Crippen LogP contribution is 2.32. The van der Waals surface area contributed by atoms with Gasteiger partial charge in [0.15, 0.2) is 5.78 Å². The number of likely N-dealkylation sites (tertiary alicyclic amines) is 1. The van der Waals surface area contributed by atoms with Crippen molar-refractivity contribution in [3.8, 4) is 0 Å². The van der Waals surface area contributed by atoms with E-state index in [-0.39, 0.29) is 23.9 Å². The number of anilines is 2. The lowest BCUT2D eigenvalue weighted by Gasteiger charge is -2.39. The minimum absolute atomic E-state index is 0.0577. The zero-order valence-electron chi connectivity index (χ0n) is 28.3. The number of halogens is 1. The van der Waals surface area contributed by atoms with Crippen molar-refractivity contribution < 1.29 is 14.4 Å². The van der Waals surface area contributed by atoms with Crippen molar-refractivity contribution in [3.05, 3.63) is 58.1 Å². The molecule has 260 valence electrons. The molecule has 1 saturated carbocycles. The molecule has 48 heavy (non-hydrogen) atoms. The molecular weight excluding hydrogens is 626 g/mol. The maximum atomic E-state index is 13.8. The number of carbonyl (C=O) groups is 3. The summed E-state index contributed by atoms with van der Waals surface area (Å²) in [7, 11) is 0. The van der Waals surface area contributed by atoms with Gasteiger partial charge in [-0.05, 0) is 99.5 Å². The summed E-state index contributed by atoms with van der Waals surface area (Å²) in [6, 6.07) is 11.5. The second-order valence-electron chi connectivity index (χ2n) is 14.2. The number of hydrogen-bond donors (Lipinski definition) is 4. The topological polar surface area (TPSA) is 123 Å². The number of amides is 4. The number of nitrogens with two attached hydrogens (primary N) is 1. The number of aryl methyl sites for hydroxylation is 1. The summed E-state index contributed by atoms with van der Waals surface area (Å²) in [5, 5.41) is 10.1. The standard InChI is InChI=1S/C37H52ClN7O3/c1-25-22-27(23-31(38)35(25)39)24-33(34(46)11-8-26-6-9-29(10-7-26)43-20-15-40-16-21-43)42-36(47)44-17-13-30(14-18-44)45-19-12-28-4-2-3-5-32(28)41-37(45)48/h2-5,22-23,26,29-30,33,40H,6-21,24,39H2,1H3,(H,41,48)(H,42,47)/t26?,29?,33-/m1/s1. The first-order valence-electron chi connectivity index (χ1n) is 18.0. The molecule has 5 N–H and O–H groups in total. The molecule has 1 aliphatic carbocycles. The molecule has 3 heterocycles. The Kier molecular flexibility index (Phi) is 11.4. The number of carbonyl (C=O) groups excluding carboxylic acids is 3. The Balaban J connectivity index is 1.04. The molecule has 2 saturated heterocycles. The van der Waals surface area contributed by atoms with Crippen LogP contribution in [0, 0.1) is 12.8 Å². The van der Waals surface area contributed by atoms with Crippen molar-refractivity contribution in [3.63, 3.8) is 0 Å². The molecule has 4 amide bonds. The van der Waals surface area contributed by atoms with Crippen molar-refractivity contribution in [2.24, 2.45) is 5.92 Å². The Morgan fingerprint density at radius 3 is 2.44 bits per heavy atom. The monoisotopic (exact) mass is 677 g/mol. The molecule has 0 bridgehead atoms. The van der Waals surface area contributed by atoms with Crippen molar-refractivity contribution in [2.45, 2.75) is 89.3 Å². The molecule has 0 unspecified atom stereocenters. The summed E-state index contributed by atoms with van der Waals surface area (Å²) < 4.78 is 0. The summed E-state index contributed by atoms with van der Waals surface area (Å²) in [4.78, 5) is 46.9. The fourth-order valence-corrected chi connectivity index (χ4v) is 8.44. The van der Waals surface area contributed by atoms with Gasteiger partial charge in [0.05, 0.1) is 16.8 Å². The Morgan fingerprint density at radius 2 is 1.71 bits per heavy atom. The highest BCUT2D eigenvalue weighted by molar-refractivity contribution is 6.33. The number of para-hydroxylation sites is 1. The molecule has 0 aromatic heterocycles. The largest absolute Gasteiger partial charge is 0.397 e. The molecule has 0 spiro atoms. The summed E-state index contributed by atoms with van der Waals surface area (Å²) in [5.74, 6) is 0.606. The summed E-state index contributed by atoms with van der Waals surface area (Å²) >= 11 is 6.42. The van der Waals surface area contributed by atoms with E-state index in [0.717, 1.165) is 74.2 Å². The van der Waals surface area contributed by atoms with Crippen molar-refractivity contribution in [1.29, 1.82) is 0 Å². The molecule has 2 aromatic carbocycles. The third-order valence-electron chi connectivity index (χ3n) is 11.1. The van der Waals surface area contributed by atoms with Gasteiger partial charge in [0.2, 0.25) is 0 Å². The number of urea groups is 2. The maximum Gasteiger partial charge on any atom is 0.322 e. The third-order valence-corrected chi connectivity index (χ3v) is 11.5. The number of piperazine rings is 1. The second kappa shape index (κ2) is 15.9. The number of piperidine rings is 1. The van der Waals surface area contributed by atoms with Gasteiger partial charge in [-0.2, -0.15) is 0 Å². The van der Waals surface area contributed by atoms with Gasteiger partial charge >= 0.3 is 12.1 Å². The van der Waals surface area contributed by atoms with Gasteiger partial charge < -0.3 is 31.5 Å². The summed E-state index contributed by atoms with van der Waals surface area (Å²) in [6.45, 7) is 8.01. The predicted octanol–water partition coefficient (Wildman–Crippen LogP) is 5.22. The number of nitrogens with zero attached hydrogens (tertiary/aromatic N) is 3. The SMILES string of the molecule is Cc1cc(C[C@@H](NC(=O)N2CCC(N3CCc4ccccc4NC3=O)CC2)C(=O)CCC2CCC(N3CCNCC3)CC2)cc(Cl)c1N. The van der Waals surface area contributed by atoms with Gasteiger partial charge in [0, 0.05) is 70.0 Å². The first kappa shape index (κ1) is 34.5. The Labute approximate surface area is 290 Å². The number of fused-ring (bicyclic) bond motifs is 1. The van der Waals surface area contributed by atoms with Crippen LogP contribution in [0.15, 0.2) is 36.4 Å². The van der Waals surface area contributed by atoms with Crippen LogP contribution in [0.1, 0.15) is 68.1 Å². The highest BCUT2D eigenvalue weighted by atomic mass is 35.5. The number of Topliss-reactive ketones (excluding diaryl/α,β-unsaturated/α-hetero) is 1. The van der Waals surface area contributed by atoms with E-state index in [4.69, 9.17) is 17.3 Å². The van der Waals surface area contributed by atoms with Crippen LogP contribution in [0.2, 0.25) is 5.02 Å². The Morgan fingerprint density at radius 1 is 0.979 bits per heavy atom. The highest BCUT2D eigenvalue weighted by Gasteiger charge is 2.33. The van der Waals surface area contributed by atoms with Crippen LogP contribution < -0.4 is 21.7 Å². The fourth-order valence-electron chi connectivity index (χ4n) is 8.15. The lowest BCUT2D eigenvalue weighted by atomic mass is 9.81. The molecule has 3 fully saturated rings. The van der Waals surface area contributed by atoms with E-state index in [9.17, 15) is 14.4 Å². The molecule has 1 atom stereocenters. The van der Waals surface area contributed by atoms with Crippen LogP contribution >= 0.6 is 11.6 Å². The van der Waals surface area contributed by atoms with Gasteiger partial charge in [0.1, 0.15) is 0 Å². The van der Waals surface area contributed by atoms with Crippen LogP contribution in [0.5, 0.6) is 0 Å². The smallest absolute Gasteiger partial charge is 0.322 e. The van der Waals surface area contributed by atoms with Crippen LogP contribution in [0.3, 0.4) is 0 Å². The van der Waals surface area contributed by atoms with E-state index in [1.165, 1.54) is 12.8 Å².